The minimum atomic E-state index is 0.0183. The lowest BCUT2D eigenvalue weighted by Gasteiger charge is -2.16. The fourth-order valence-electron chi connectivity index (χ4n) is 2.09. The highest BCUT2D eigenvalue weighted by Crippen LogP contribution is 2.19. The van der Waals surface area contributed by atoms with Gasteiger partial charge in [0.2, 0.25) is 5.91 Å². The lowest BCUT2D eigenvalue weighted by atomic mass is 9.97. The maximum Gasteiger partial charge on any atom is 0.228 e. The Labute approximate surface area is 119 Å². The number of thiocarbonyl (C=S) groups is 1. The van der Waals surface area contributed by atoms with Crippen molar-refractivity contribution in [2.75, 3.05) is 5.32 Å². The van der Waals surface area contributed by atoms with Gasteiger partial charge in [-0.3, -0.25) is 9.48 Å². The summed E-state index contributed by atoms with van der Waals surface area (Å²) in [5.74, 6) is 0.628. The largest absolute Gasteiger partial charge is 0.389 e. The fraction of sp³-hybridized carbons (Fsp3) is 0.615. The first-order valence-electron chi connectivity index (χ1n) is 6.63. The number of carbonyl (C=O) groups excluding carboxylic acids is 1. The molecular formula is C13H22N4OS. The summed E-state index contributed by atoms with van der Waals surface area (Å²) in [5.41, 5.74) is 6.23. The molecule has 0 aliphatic rings. The fourth-order valence-corrected chi connectivity index (χ4v) is 2.24. The Morgan fingerprint density at radius 1 is 1.47 bits per heavy atom. The zero-order valence-corrected chi connectivity index (χ0v) is 12.6. The van der Waals surface area contributed by atoms with E-state index in [2.05, 4.69) is 24.3 Å². The third kappa shape index (κ3) is 4.02. The second-order valence-corrected chi connectivity index (χ2v) is 5.10. The van der Waals surface area contributed by atoms with E-state index in [-0.39, 0.29) is 16.8 Å². The van der Waals surface area contributed by atoms with Crippen LogP contribution in [0.3, 0.4) is 0 Å². The minimum absolute atomic E-state index is 0.0183. The van der Waals surface area contributed by atoms with Gasteiger partial charge in [-0.2, -0.15) is 5.10 Å². The summed E-state index contributed by atoms with van der Waals surface area (Å²) in [6.07, 6.45) is 5.34. The number of aromatic nitrogens is 2. The number of nitrogens with one attached hydrogen (secondary N) is 1. The van der Waals surface area contributed by atoms with Crippen molar-refractivity contribution >= 4 is 28.9 Å². The van der Waals surface area contributed by atoms with Gasteiger partial charge in [0.15, 0.2) is 0 Å². The first-order chi connectivity index (χ1) is 9.01. The van der Waals surface area contributed by atoms with Gasteiger partial charge in [-0.1, -0.05) is 38.9 Å². The molecule has 1 aromatic heterocycles. The first kappa shape index (κ1) is 15.6. The van der Waals surface area contributed by atoms with Gasteiger partial charge >= 0.3 is 0 Å². The first-order valence-corrected chi connectivity index (χ1v) is 7.04. The number of amides is 1. The lowest BCUT2D eigenvalue weighted by Crippen LogP contribution is -2.25. The maximum absolute atomic E-state index is 12.3. The van der Waals surface area contributed by atoms with Crippen LogP contribution in [0.1, 0.15) is 45.1 Å². The van der Waals surface area contributed by atoms with Crippen molar-refractivity contribution in [3.05, 3.63) is 11.8 Å². The molecule has 0 aromatic carbocycles. The number of hydrogen-bond donors (Lipinski definition) is 2. The van der Waals surface area contributed by atoms with E-state index in [0.717, 1.165) is 25.7 Å². The van der Waals surface area contributed by atoms with Crippen molar-refractivity contribution in [1.29, 1.82) is 0 Å². The molecule has 1 rings (SSSR count). The van der Waals surface area contributed by atoms with Crippen LogP contribution in [0.4, 0.5) is 5.82 Å². The summed E-state index contributed by atoms with van der Waals surface area (Å²) in [6, 6.07) is 0. The van der Waals surface area contributed by atoms with Crippen molar-refractivity contribution in [3.63, 3.8) is 0 Å². The van der Waals surface area contributed by atoms with Crippen LogP contribution in [0.2, 0.25) is 0 Å². The molecule has 1 aromatic rings. The topological polar surface area (TPSA) is 72.9 Å². The summed E-state index contributed by atoms with van der Waals surface area (Å²) in [6.45, 7) is 4.17. The predicted molar refractivity (Wildman–Crippen MR) is 81.0 cm³/mol. The van der Waals surface area contributed by atoms with E-state index in [9.17, 15) is 4.79 Å². The molecule has 1 heterocycles. The molecule has 106 valence electrons. The van der Waals surface area contributed by atoms with Gasteiger partial charge < -0.3 is 11.1 Å². The third-order valence-electron chi connectivity index (χ3n) is 3.09. The molecule has 0 atom stereocenters. The van der Waals surface area contributed by atoms with Crippen LogP contribution in [0.15, 0.2) is 6.20 Å². The second kappa shape index (κ2) is 7.23. The number of anilines is 1. The predicted octanol–water partition coefficient (Wildman–Crippen LogP) is 2.21. The number of nitrogens with zero attached hydrogens (tertiary/aromatic N) is 2. The van der Waals surface area contributed by atoms with Gasteiger partial charge in [-0.05, 0) is 12.8 Å². The normalized spacial score (nSPS) is 10.7. The summed E-state index contributed by atoms with van der Waals surface area (Å²) in [7, 11) is 1.76. The van der Waals surface area contributed by atoms with E-state index in [1.54, 1.807) is 17.9 Å². The lowest BCUT2D eigenvalue weighted by molar-refractivity contribution is -0.120. The number of nitrogens with two attached hydrogens (primary N) is 1. The number of rotatable bonds is 7. The van der Waals surface area contributed by atoms with Crippen LogP contribution in [-0.2, 0) is 11.8 Å². The molecule has 0 aliphatic carbocycles. The van der Waals surface area contributed by atoms with Crippen LogP contribution in [-0.4, -0.2) is 20.7 Å². The Morgan fingerprint density at radius 3 is 2.53 bits per heavy atom. The van der Waals surface area contributed by atoms with Crippen LogP contribution in [0.5, 0.6) is 0 Å². The molecule has 0 aliphatic heterocycles. The van der Waals surface area contributed by atoms with Crippen molar-refractivity contribution in [3.8, 4) is 0 Å². The van der Waals surface area contributed by atoms with E-state index in [0.29, 0.717) is 11.4 Å². The Morgan fingerprint density at radius 2 is 2.05 bits per heavy atom. The van der Waals surface area contributed by atoms with Crippen molar-refractivity contribution in [2.45, 2.75) is 39.5 Å². The Bertz CT molecular complexity index is 449. The number of carbonyl (C=O) groups is 1. The Kier molecular flexibility index (Phi) is 5.95. The molecule has 0 saturated heterocycles. The highest BCUT2D eigenvalue weighted by atomic mass is 32.1. The molecule has 0 unspecified atom stereocenters. The molecule has 0 radical (unpaired) electrons. The standard InChI is InChI=1S/C13H22N4OS/c1-4-6-9(7-5-2)13(18)16-12-10(11(14)19)8-15-17(12)3/h8-9H,4-7H2,1-3H3,(H2,14,19)(H,16,18). The van der Waals surface area contributed by atoms with E-state index in [1.807, 2.05) is 0 Å². The average molecular weight is 282 g/mol. The average Bonchev–Trinajstić information content (AvgIpc) is 2.71. The third-order valence-corrected chi connectivity index (χ3v) is 3.31. The maximum atomic E-state index is 12.3. The van der Waals surface area contributed by atoms with Gasteiger partial charge in [0.05, 0.1) is 11.8 Å². The monoisotopic (exact) mass is 282 g/mol. The molecule has 19 heavy (non-hydrogen) atoms. The van der Waals surface area contributed by atoms with E-state index in [1.165, 1.54) is 0 Å². The molecular weight excluding hydrogens is 260 g/mol. The van der Waals surface area contributed by atoms with Gasteiger partial charge in [0.25, 0.3) is 0 Å². The summed E-state index contributed by atoms with van der Waals surface area (Å²) >= 11 is 4.96. The highest BCUT2D eigenvalue weighted by molar-refractivity contribution is 7.80. The summed E-state index contributed by atoms with van der Waals surface area (Å²) < 4.78 is 1.58. The van der Waals surface area contributed by atoms with E-state index < -0.39 is 0 Å². The molecule has 6 heteroatoms. The molecule has 5 nitrogen and oxygen atoms in total. The van der Waals surface area contributed by atoms with Crippen molar-refractivity contribution in [2.24, 2.45) is 18.7 Å². The molecule has 0 spiro atoms. The highest BCUT2D eigenvalue weighted by Gasteiger charge is 2.20. The quantitative estimate of drug-likeness (QED) is 0.752. The second-order valence-electron chi connectivity index (χ2n) is 4.66. The SMILES string of the molecule is CCCC(CCC)C(=O)Nc1c(C(N)=S)cnn1C. The Hall–Kier alpha value is -1.43. The molecule has 0 bridgehead atoms. The van der Waals surface area contributed by atoms with Crippen LogP contribution in [0.25, 0.3) is 0 Å². The molecule has 0 fully saturated rings. The van der Waals surface area contributed by atoms with E-state index in [4.69, 9.17) is 18.0 Å². The van der Waals surface area contributed by atoms with Crippen molar-refractivity contribution < 1.29 is 4.79 Å². The zero-order valence-electron chi connectivity index (χ0n) is 11.8. The van der Waals surface area contributed by atoms with Crippen molar-refractivity contribution in [1.82, 2.24) is 9.78 Å². The smallest absolute Gasteiger partial charge is 0.228 e. The molecule has 3 N–H and O–H groups in total. The van der Waals surface area contributed by atoms with Gasteiger partial charge in [0, 0.05) is 13.0 Å². The van der Waals surface area contributed by atoms with Gasteiger partial charge in [-0.25, -0.2) is 0 Å². The number of aryl methyl sites for hydroxylation is 1. The Balaban J connectivity index is 2.85. The number of hydrogen-bond acceptors (Lipinski definition) is 3. The van der Waals surface area contributed by atoms with E-state index >= 15 is 0 Å². The van der Waals surface area contributed by atoms with Crippen LogP contribution < -0.4 is 11.1 Å². The van der Waals surface area contributed by atoms with Gasteiger partial charge in [0.1, 0.15) is 10.8 Å². The van der Waals surface area contributed by atoms with Crippen LogP contribution in [0, 0.1) is 5.92 Å². The van der Waals surface area contributed by atoms with Crippen LogP contribution >= 0.6 is 12.2 Å². The molecule has 1 amide bonds. The molecule has 0 saturated carbocycles. The summed E-state index contributed by atoms with van der Waals surface area (Å²) in [4.78, 5) is 12.5. The zero-order chi connectivity index (χ0) is 14.4. The van der Waals surface area contributed by atoms with Gasteiger partial charge in [-0.15, -0.1) is 0 Å². The minimum Gasteiger partial charge on any atom is -0.389 e. The summed E-state index contributed by atoms with van der Waals surface area (Å²) in [5, 5.41) is 6.98.